The van der Waals surface area contributed by atoms with Crippen molar-refractivity contribution in [3.8, 4) is 0 Å². The average Bonchev–Trinajstić information content (AvgIpc) is 2.36. The molecule has 8 heteroatoms. The highest BCUT2D eigenvalue weighted by atomic mass is 32.1. The molecule has 7 nitrogen and oxygen atoms in total. The van der Waals surface area contributed by atoms with Crippen molar-refractivity contribution in [1.82, 2.24) is 19.2 Å². The Morgan fingerprint density at radius 3 is 2.29 bits per heavy atom. The maximum atomic E-state index is 11.9. The summed E-state index contributed by atoms with van der Waals surface area (Å²) < 4.78 is 3.43. The van der Waals surface area contributed by atoms with Gasteiger partial charge in [-0.05, 0) is 18.3 Å². The van der Waals surface area contributed by atoms with Crippen LogP contribution in [0.3, 0.4) is 0 Å². The van der Waals surface area contributed by atoms with Gasteiger partial charge >= 0.3 is 11.4 Å². The van der Waals surface area contributed by atoms with E-state index in [1.165, 1.54) is 35.5 Å². The molecule has 90 valence electrons. The zero-order chi connectivity index (χ0) is 12.6. The third-order valence-electron chi connectivity index (χ3n) is 2.32. The Hall–Kier alpha value is -2.09. The molecule has 0 aromatic carbocycles. The highest BCUT2D eigenvalue weighted by Crippen LogP contribution is 2.02. The Balaban J connectivity index is 2.84. The fourth-order valence-corrected chi connectivity index (χ4v) is 1.53. The van der Waals surface area contributed by atoms with Crippen LogP contribution in [0.15, 0.2) is 27.9 Å². The van der Waals surface area contributed by atoms with Crippen LogP contribution in [0.2, 0.25) is 0 Å². The van der Waals surface area contributed by atoms with Crippen molar-refractivity contribution >= 4 is 18.1 Å². The highest BCUT2D eigenvalue weighted by molar-refractivity contribution is 7.71. The molecule has 1 aromatic heterocycles. The number of hydrogen-bond donors (Lipinski definition) is 1. The second kappa shape index (κ2) is 4.06. The first-order valence-electron chi connectivity index (χ1n) is 4.72. The molecule has 1 aromatic rings. The van der Waals surface area contributed by atoms with Crippen molar-refractivity contribution < 1.29 is 4.84 Å². The van der Waals surface area contributed by atoms with Crippen LogP contribution < -0.4 is 16.9 Å². The fraction of sp³-hybridized carbons (Fsp3) is 0.222. The minimum absolute atomic E-state index is 0.101. The van der Waals surface area contributed by atoms with E-state index in [4.69, 9.17) is 17.1 Å². The molecule has 2 heterocycles. The predicted molar refractivity (Wildman–Crippen MR) is 63.4 cm³/mol. The Morgan fingerprint density at radius 1 is 1.24 bits per heavy atom. The topological polar surface area (TPSA) is 70.2 Å². The van der Waals surface area contributed by atoms with E-state index < -0.39 is 11.4 Å². The predicted octanol–water partition coefficient (Wildman–Crippen LogP) is -0.538. The van der Waals surface area contributed by atoms with Gasteiger partial charge in [-0.3, -0.25) is 9.13 Å². The van der Waals surface area contributed by atoms with Gasteiger partial charge in [0, 0.05) is 26.4 Å². The zero-order valence-corrected chi connectivity index (χ0v) is 10.0. The van der Waals surface area contributed by atoms with Crippen LogP contribution in [0, 0.1) is 4.77 Å². The molecule has 0 unspecified atom stereocenters. The van der Waals surface area contributed by atoms with E-state index in [0.29, 0.717) is 0 Å². The van der Waals surface area contributed by atoms with E-state index in [0.717, 1.165) is 4.57 Å². The first-order chi connectivity index (χ1) is 8.04. The van der Waals surface area contributed by atoms with Crippen molar-refractivity contribution in [2.45, 2.75) is 0 Å². The monoisotopic (exact) mass is 254 g/mol. The number of nitrogens with zero attached hydrogens (tertiary/aromatic N) is 3. The smallest absolute Gasteiger partial charge is 0.341 e. The molecular formula is C9H10N4O3S. The van der Waals surface area contributed by atoms with Crippen LogP contribution in [0.4, 0.5) is 0 Å². The average molecular weight is 254 g/mol. The number of hydrogen-bond acceptors (Lipinski definition) is 5. The van der Waals surface area contributed by atoms with Gasteiger partial charge < -0.3 is 4.84 Å². The van der Waals surface area contributed by atoms with Crippen molar-refractivity contribution in [2.24, 2.45) is 14.1 Å². The molecule has 17 heavy (non-hydrogen) atoms. The zero-order valence-electron chi connectivity index (χ0n) is 9.21. The second-order valence-corrected chi connectivity index (χ2v) is 3.75. The van der Waals surface area contributed by atoms with Crippen molar-refractivity contribution in [1.29, 1.82) is 0 Å². The minimum atomic E-state index is -0.554. The molecule has 1 aliphatic heterocycles. The highest BCUT2D eigenvalue weighted by Gasteiger charge is 2.14. The lowest BCUT2D eigenvalue weighted by atomic mass is 10.5. The van der Waals surface area contributed by atoms with Crippen molar-refractivity contribution in [2.75, 3.05) is 0 Å². The molecular weight excluding hydrogens is 244 g/mol. The van der Waals surface area contributed by atoms with Crippen molar-refractivity contribution in [3.05, 3.63) is 44.1 Å². The summed E-state index contributed by atoms with van der Waals surface area (Å²) in [4.78, 5) is 28.9. The number of nitrogens with one attached hydrogen (secondary N) is 1. The van der Waals surface area contributed by atoms with Crippen LogP contribution in [-0.2, 0) is 18.9 Å². The lowest BCUT2D eigenvalue weighted by molar-refractivity contribution is 0.178. The van der Waals surface area contributed by atoms with Crippen LogP contribution in [-0.4, -0.2) is 13.7 Å². The van der Waals surface area contributed by atoms with Gasteiger partial charge in [0.25, 0.3) is 0 Å². The van der Waals surface area contributed by atoms with E-state index in [9.17, 15) is 9.59 Å². The number of hydroxylamine groups is 1. The third-order valence-corrected chi connectivity index (χ3v) is 2.86. The van der Waals surface area contributed by atoms with Gasteiger partial charge in [0.05, 0.1) is 0 Å². The van der Waals surface area contributed by atoms with Crippen LogP contribution in [0.5, 0.6) is 0 Å². The summed E-state index contributed by atoms with van der Waals surface area (Å²) in [5.41, 5.74) is 1.34. The molecule has 0 saturated heterocycles. The van der Waals surface area contributed by atoms with E-state index in [1.54, 1.807) is 6.08 Å². The number of rotatable bonds is 1. The summed E-state index contributed by atoms with van der Waals surface area (Å²) in [6.45, 7) is 0. The number of allylic oxidation sites excluding steroid dienone is 2. The Kier molecular flexibility index (Phi) is 2.72. The summed E-state index contributed by atoms with van der Waals surface area (Å²) in [6.07, 6.45) is 4.65. The molecule has 0 fully saturated rings. The van der Waals surface area contributed by atoms with E-state index in [2.05, 4.69) is 5.48 Å². The molecule has 2 rings (SSSR count). The summed E-state index contributed by atoms with van der Waals surface area (Å²) in [5.74, 6) is 0.101. The van der Waals surface area contributed by atoms with Crippen LogP contribution in [0.25, 0.3) is 5.88 Å². The Bertz CT molecular complexity index is 651. The summed E-state index contributed by atoms with van der Waals surface area (Å²) in [5, 5.41) is 0. The maximum absolute atomic E-state index is 11.9. The first-order valence-corrected chi connectivity index (χ1v) is 5.13. The lowest BCUT2D eigenvalue weighted by Crippen LogP contribution is -2.45. The normalized spacial score (nSPS) is 13.9. The second-order valence-electron chi connectivity index (χ2n) is 3.39. The van der Waals surface area contributed by atoms with Gasteiger partial charge in [0.15, 0.2) is 4.77 Å². The quantitative estimate of drug-likeness (QED) is 0.682. The number of aromatic nitrogens is 3. The van der Waals surface area contributed by atoms with Gasteiger partial charge in [0.2, 0.25) is 5.88 Å². The summed E-state index contributed by atoms with van der Waals surface area (Å²) >= 11 is 4.95. The Labute approximate surface area is 101 Å². The molecule has 0 spiro atoms. The van der Waals surface area contributed by atoms with Gasteiger partial charge in [0.1, 0.15) is 0 Å². The third kappa shape index (κ3) is 1.72. The largest absolute Gasteiger partial charge is 0.363 e. The van der Waals surface area contributed by atoms with Gasteiger partial charge in [-0.1, -0.05) is 0 Å². The first kappa shape index (κ1) is 11.4. The maximum Gasteiger partial charge on any atom is 0.341 e. The molecule has 0 aliphatic carbocycles. The summed E-state index contributed by atoms with van der Waals surface area (Å²) in [7, 11) is 2.99. The van der Waals surface area contributed by atoms with Crippen LogP contribution >= 0.6 is 12.2 Å². The molecule has 0 amide bonds. The van der Waals surface area contributed by atoms with Gasteiger partial charge in [-0.2, -0.15) is 4.57 Å². The van der Waals surface area contributed by atoms with E-state index >= 15 is 0 Å². The minimum Gasteiger partial charge on any atom is -0.363 e. The molecule has 0 atom stereocenters. The lowest BCUT2D eigenvalue weighted by Gasteiger charge is -2.14. The molecule has 1 aliphatic rings. The Morgan fingerprint density at radius 2 is 1.82 bits per heavy atom. The summed E-state index contributed by atoms with van der Waals surface area (Å²) in [6, 6.07) is 0. The molecule has 0 bridgehead atoms. The van der Waals surface area contributed by atoms with E-state index in [1.807, 2.05) is 0 Å². The van der Waals surface area contributed by atoms with Gasteiger partial charge in [-0.15, -0.1) is 0 Å². The molecule has 1 N–H and O–H groups in total. The van der Waals surface area contributed by atoms with Gasteiger partial charge in [-0.25, -0.2) is 15.1 Å². The van der Waals surface area contributed by atoms with E-state index in [-0.39, 0.29) is 10.7 Å². The molecule has 0 radical (unpaired) electrons. The standard InChI is InChI=1S/C9H10N4O3S/c1-11-7(14)13(6-4-3-5-10-16-6)8(15)12(2)9(11)17/h3-5,10H,1-2H3. The fourth-order valence-electron chi connectivity index (χ4n) is 1.38. The van der Waals surface area contributed by atoms with Crippen LogP contribution in [0.1, 0.15) is 0 Å². The van der Waals surface area contributed by atoms with Crippen molar-refractivity contribution in [3.63, 3.8) is 0 Å². The SMILES string of the molecule is Cn1c(=S)n(C)c(=O)n(C2=CC=CNO2)c1=O. The molecule has 0 saturated carbocycles.